The van der Waals surface area contributed by atoms with Crippen LogP contribution in [0.3, 0.4) is 0 Å². The first-order valence-electron chi connectivity index (χ1n) is 4.01. The molecule has 6 nitrogen and oxygen atoms in total. The van der Waals surface area contributed by atoms with Gasteiger partial charge in [0, 0.05) is 24.7 Å². The van der Waals surface area contributed by atoms with E-state index in [1.807, 2.05) is 17.8 Å². The number of imidazole rings is 1. The van der Waals surface area contributed by atoms with E-state index >= 15 is 0 Å². The summed E-state index contributed by atoms with van der Waals surface area (Å²) in [6.07, 6.45) is 3.59. The number of nitrogen functional groups attached to an aromatic ring is 1. The molecule has 0 radical (unpaired) electrons. The molecule has 3 N–H and O–H groups in total. The van der Waals surface area contributed by atoms with Gasteiger partial charge in [0.1, 0.15) is 0 Å². The van der Waals surface area contributed by atoms with Crippen molar-refractivity contribution in [1.29, 1.82) is 0 Å². The molecule has 2 aromatic rings. The van der Waals surface area contributed by atoms with E-state index in [0.717, 1.165) is 11.4 Å². The number of hydrogen-bond acceptors (Lipinski definition) is 5. The van der Waals surface area contributed by atoms with Crippen molar-refractivity contribution in [3.63, 3.8) is 0 Å². The van der Waals surface area contributed by atoms with Crippen LogP contribution in [0.4, 0.5) is 5.95 Å². The van der Waals surface area contributed by atoms with E-state index in [9.17, 15) is 0 Å². The summed E-state index contributed by atoms with van der Waals surface area (Å²) in [5.41, 5.74) is 6.52. The van der Waals surface area contributed by atoms with Gasteiger partial charge in [0.2, 0.25) is 11.1 Å². The molecule has 2 rings (SSSR count). The number of nitrogens with two attached hydrogens (primary N) is 1. The molecule has 2 aromatic heterocycles. The Morgan fingerprint density at radius 1 is 1.64 bits per heavy atom. The van der Waals surface area contributed by atoms with Crippen molar-refractivity contribution in [2.75, 3.05) is 5.73 Å². The van der Waals surface area contributed by atoms with E-state index < -0.39 is 0 Å². The molecule has 0 aliphatic heterocycles. The summed E-state index contributed by atoms with van der Waals surface area (Å²) in [7, 11) is 1.95. The van der Waals surface area contributed by atoms with Crippen LogP contribution < -0.4 is 5.73 Å². The Balaban J connectivity index is 1.98. The predicted molar refractivity (Wildman–Crippen MR) is 53.6 cm³/mol. The highest BCUT2D eigenvalue weighted by molar-refractivity contribution is 7.98. The van der Waals surface area contributed by atoms with Crippen molar-refractivity contribution in [2.45, 2.75) is 10.9 Å². The van der Waals surface area contributed by atoms with Crippen LogP contribution in [0.2, 0.25) is 0 Å². The summed E-state index contributed by atoms with van der Waals surface area (Å²) in [4.78, 5) is 8.00. The standard InChI is InChI=1S/C7H10N6S/c1-13-4-9-2-5(13)3-14-7-10-6(8)11-12-7/h2,4H,3H2,1H3,(H3,8,10,11,12). The summed E-state index contributed by atoms with van der Waals surface area (Å²) < 4.78 is 1.96. The van der Waals surface area contributed by atoms with E-state index in [1.165, 1.54) is 11.8 Å². The zero-order valence-corrected chi connectivity index (χ0v) is 8.45. The number of anilines is 1. The largest absolute Gasteiger partial charge is 0.368 e. The number of nitrogens with zero attached hydrogens (tertiary/aromatic N) is 4. The molecule has 0 aromatic carbocycles. The first-order chi connectivity index (χ1) is 6.75. The molecule has 0 fully saturated rings. The van der Waals surface area contributed by atoms with Gasteiger partial charge in [-0.2, -0.15) is 4.98 Å². The Morgan fingerprint density at radius 2 is 2.50 bits per heavy atom. The number of H-pyrrole nitrogens is 1. The van der Waals surface area contributed by atoms with E-state index in [2.05, 4.69) is 20.2 Å². The maximum atomic E-state index is 5.40. The molecule has 14 heavy (non-hydrogen) atoms. The molecule has 0 spiro atoms. The van der Waals surface area contributed by atoms with Gasteiger partial charge in [-0.3, -0.25) is 0 Å². The number of thioether (sulfide) groups is 1. The Morgan fingerprint density at radius 3 is 3.07 bits per heavy atom. The van der Waals surface area contributed by atoms with Crippen molar-refractivity contribution >= 4 is 17.7 Å². The van der Waals surface area contributed by atoms with Crippen LogP contribution in [0.1, 0.15) is 5.69 Å². The summed E-state index contributed by atoms with van der Waals surface area (Å²) in [6.45, 7) is 0. The lowest BCUT2D eigenvalue weighted by molar-refractivity contribution is 0.865. The lowest BCUT2D eigenvalue weighted by atomic mass is 10.5. The molecular weight excluding hydrogens is 200 g/mol. The van der Waals surface area contributed by atoms with Crippen LogP contribution in [0.25, 0.3) is 0 Å². The van der Waals surface area contributed by atoms with Gasteiger partial charge in [0.05, 0.1) is 6.33 Å². The molecule has 0 bridgehead atoms. The van der Waals surface area contributed by atoms with Crippen LogP contribution in [0.15, 0.2) is 17.7 Å². The lowest BCUT2D eigenvalue weighted by Gasteiger charge is -1.98. The summed E-state index contributed by atoms with van der Waals surface area (Å²) >= 11 is 1.52. The van der Waals surface area contributed by atoms with Gasteiger partial charge in [-0.15, -0.1) is 5.10 Å². The number of aromatic amines is 1. The van der Waals surface area contributed by atoms with Gasteiger partial charge >= 0.3 is 0 Å². The fourth-order valence-electron chi connectivity index (χ4n) is 0.985. The number of aryl methyl sites for hydroxylation is 1. The minimum atomic E-state index is 0.345. The van der Waals surface area contributed by atoms with E-state index in [4.69, 9.17) is 5.73 Å². The van der Waals surface area contributed by atoms with Crippen LogP contribution in [0.5, 0.6) is 0 Å². The average molecular weight is 210 g/mol. The molecular formula is C7H10N6S. The van der Waals surface area contributed by atoms with Crippen LogP contribution >= 0.6 is 11.8 Å². The van der Waals surface area contributed by atoms with Gasteiger partial charge in [-0.25, -0.2) is 10.1 Å². The second kappa shape index (κ2) is 3.70. The molecule has 0 aliphatic rings. The average Bonchev–Trinajstić information content (AvgIpc) is 2.72. The quantitative estimate of drug-likeness (QED) is 0.717. The third-order valence-electron chi connectivity index (χ3n) is 1.75. The fourth-order valence-corrected chi connectivity index (χ4v) is 1.81. The van der Waals surface area contributed by atoms with Gasteiger partial charge in [-0.05, 0) is 0 Å². The fraction of sp³-hybridized carbons (Fsp3) is 0.286. The number of nitrogens with one attached hydrogen (secondary N) is 1. The summed E-state index contributed by atoms with van der Waals surface area (Å²) in [5.74, 6) is 1.13. The van der Waals surface area contributed by atoms with Gasteiger partial charge in [-0.1, -0.05) is 11.8 Å². The smallest absolute Gasteiger partial charge is 0.216 e. The Bertz CT molecular complexity index is 419. The molecule has 2 heterocycles. The number of hydrogen-bond donors (Lipinski definition) is 2. The van der Waals surface area contributed by atoms with Gasteiger partial charge in [0.25, 0.3) is 0 Å². The van der Waals surface area contributed by atoms with Crippen molar-refractivity contribution in [2.24, 2.45) is 7.05 Å². The minimum absolute atomic E-state index is 0.345. The van der Waals surface area contributed by atoms with Crippen molar-refractivity contribution in [3.05, 3.63) is 18.2 Å². The van der Waals surface area contributed by atoms with Crippen molar-refractivity contribution in [1.82, 2.24) is 24.7 Å². The zero-order valence-electron chi connectivity index (χ0n) is 7.64. The monoisotopic (exact) mass is 210 g/mol. The highest BCUT2D eigenvalue weighted by atomic mass is 32.2. The Labute approximate surface area is 84.9 Å². The van der Waals surface area contributed by atoms with E-state index in [0.29, 0.717) is 11.1 Å². The highest BCUT2D eigenvalue weighted by Gasteiger charge is 2.03. The van der Waals surface area contributed by atoms with Gasteiger partial charge < -0.3 is 10.3 Å². The SMILES string of the molecule is Cn1cncc1CSc1n[nH]c(N)n1. The number of rotatable bonds is 3. The Kier molecular flexibility index (Phi) is 2.40. The van der Waals surface area contributed by atoms with Crippen LogP contribution in [-0.4, -0.2) is 24.7 Å². The molecule has 0 atom stereocenters. The topological polar surface area (TPSA) is 85.4 Å². The van der Waals surface area contributed by atoms with Crippen molar-refractivity contribution in [3.8, 4) is 0 Å². The Hall–Kier alpha value is -1.50. The zero-order chi connectivity index (χ0) is 9.97. The summed E-state index contributed by atoms with van der Waals surface area (Å²) in [5, 5.41) is 7.16. The maximum Gasteiger partial charge on any atom is 0.216 e. The molecule has 0 aliphatic carbocycles. The van der Waals surface area contributed by atoms with E-state index in [-0.39, 0.29) is 0 Å². The maximum absolute atomic E-state index is 5.40. The second-order valence-electron chi connectivity index (χ2n) is 2.79. The number of aromatic nitrogens is 5. The molecule has 0 unspecified atom stereocenters. The molecule has 7 heteroatoms. The van der Waals surface area contributed by atoms with Crippen LogP contribution in [0, 0.1) is 0 Å². The highest BCUT2D eigenvalue weighted by Crippen LogP contribution is 2.18. The predicted octanol–water partition coefficient (Wildman–Crippen LogP) is 0.413. The lowest BCUT2D eigenvalue weighted by Crippen LogP contribution is -1.92. The molecule has 0 saturated heterocycles. The normalized spacial score (nSPS) is 10.6. The third kappa shape index (κ3) is 1.87. The second-order valence-corrected chi connectivity index (χ2v) is 3.73. The van der Waals surface area contributed by atoms with E-state index in [1.54, 1.807) is 6.33 Å². The molecule has 74 valence electrons. The first-order valence-corrected chi connectivity index (χ1v) is 5.00. The van der Waals surface area contributed by atoms with Crippen LogP contribution in [-0.2, 0) is 12.8 Å². The van der Waals surface area contributed by atoms with Gasteiger partial charge in [0.15, 0.2) is 0 Å². The minimum Gasteiger partial charge on any atom is -0.368 e. The third-order valence-corrected chi connectivity index (χ3v) is 2.63. The summed E-state index contributed by atoms with van der Waals surface area (Å²) in [6, 6.07) is 0. The molecule has 0 amide bonds. The first kappa shape index (κ1) is 9.07. The molecule has 0 saturated carbocycles. The van der Waals surface area contributed by atoms with Crippen molar-refractivity contribution < 1.29 is 0 Å².